The molecule has 2 aromatic heterocycles. The van der Waals surface area contributed by atoms with Crippen LogP contribution in [-0.2, 0) is 4.79 Å². The Morgan fingerprint density at radius 2 is 2.04 bits per heavy atom. The quantitative estimate of drug-likeness (QED) is 0.709. The van der Waals surface area contributed by atoms with E-state index in [4.69, 9.17) is 0 Å². The van der Waals surface area contributed by atoms with Crippen molar-refractivity contribution < 1.29 is 14.0 Å². The van der Waals surface area contributed by atoms with Crippen LogP contribution in [0.4, 0.5) is 9.52 Å². The van der Waals surface area contributed by atoms with Crippen molar-refractivity contribution in [3.63, 3.8) is 0 Å². The largest absolute Gasteiger partial charge is 0.339 e. The Labute approximate surface area is 151 Å². The first kappa shape index (κ1) is 17.5. The molecule has 0 fully saturated rings. The number of amides is 2. The van der Waals surface area contributed by atoms with Crippen LogP contribution in [0, 0.1) is 11.7 Å². The summed E-state index contributed by atoms with van der Waals surface area (Å²) in [6, 6.07) is 7.06. The van der Waals surface area contributed by atoms with Gasteiger partial charge in [0.15, 0.2) is 5.13 Å². The molecule has 2 heterocycles. The molecule has 1 aromatic carbocycles. The van der Waals surface area contributed by atoms with E-state index in [-0.39, 0.29) is 23.5 Å². The molecule has 5 nitrogen and oxygen atoms in total. The third-order valence-corrected chi connectivity index (χ3v) is 5.36. The summed E-state index contributed by atoms with van der Waals surface area (Å²) in [5, 5.41) is 7.66. The number of anilines is 1. The second-order valence-corrected chi connectivity index (χ2v) is 7.77. The SMILES string of the molecule is CC(C)C(NC(=O)c1cccs1)C(=O)Nc1nc2ccc(F)cc2s1. The molecule has 0 radical (unpaired) electrons. The molecular formula is C17H16FN3O2S2. The monoisotopic (exact) mass is 377 g/mol. The summed E-state index contributed by atoms with van der Waals surface area (Å²) in [4.78, 5) is 29.6. The topological polar surface area (TPSA) is 71.1 Å². The number of thiophene rings is 1. The maximum Gasteiger partial charge on any atom is 0.262 e. The van der Waals surface area contributed by atoms with E-state index in [1.165, 1.54) is 34.8 Å². The molecule has 0 aliphatic rings. The number of halogens is 1. The number of thiazole rings is 1. The summed E-state index contributed by atoms with van der Waals surface area (Å²) in [6.45, 7) is 3.71. The summed E-state index contributed by atoms with van der Waals surface area (Å²) in [5.74, 6) is -1.08. The van der Waals surface area contributed by atoms with Crippen LogP contribution >= 0.6 is 22.7 Å². The van der Waals surface area contributed by atoms with E-state index in [2.05, 4.69) is 15.6 Å². The minimum atomic E-state index is -0.696. The fraction of sp³-hybridized carbons (Fsp3) is 0.235. The predicted octanol–water partition coefficient (Wildman–Crippen LogP) is 3.89. The minimum Gasteiger partial charge on any atom is -0.339 e. The summed E-state index contributed by atoms with van der Waals surface area (Å²) in [5.41, 5.74) is 0.616. The molecule has 3 aromatic rings. The first-order chi connectivity index (χ1) is 11.9. The van der Waals surface area contributed by atoms with E-state index in [9.17, 15) is 14.0 Å². The molecule has 1 unspecified atom stereocenters. The molecule has 2 amide bonds. The van der Waals surface area contributed by atoms with Crippen molar-refractivity contribution in [2.45, 2.75) is 19.9 Å². The van der Waals surface area contributed by atoms with E-state index >= 15 is 0 Å². The Hall–Kier alpha value is -2.32. The third-order valence-electron chi connectivity index (χ3n) is 3.56. The van der Waals surface area contributed by atoms with Crippen LogP contribution in [0.3, 0.4) is 0 Å². The lowest BCUT2D eigenvalue weighted by molar-refractivity contribution is -0.118. The van der Waals surface area contributed by atoms with Gasteiger partial charge in [0, 0.05) is 0 Å². The van der Waals surface area contributed by atoms with Gasteiger partial charge in [0.25, 0.3) is 5.91 Å². The molecule has 1 atom stereocenters. The van der Waals surface area contributed by atoms with E-state index in [0.29, 0.717) is 20.2 Å². The van der Waals surface area contributed by atoms with E-state index in [1.54, 1.807) is 23.6 Å². The van der Waals surface area contributed by atoms with Gasteiger partial charge < -0.3 is 10.6 Å². The molecule has 3 rings (SSSR count). The van der Waals surface area contributed by atoms with Crippen LogP contribution in [0.15, 0.2) is 35.7 Å². The van der Waals surface area contributed by atoms with Crippen LogP contribution in [0.25, 0.3) is 10.2 Å². The first-order valence-corrected chi connectivity index (χ1v) is 9.35. The van der Waals surface area contributed by atoms with Crippen LogP contribution in [-0.4, -0.2) is 22.8 Å². The highest BCUT2D eigenvalue weighted by atomic mass is 32.1. The molecule has 8 heteroatoms. The highest BCUT2D eigenvalue weighted by Gasteiger charge is 2.26. The van der Waals surface area contributed by atoms with Crippen molar-refractivity contribution in [2.75, 3.05) is 5.32 Å². The molecule has 0 aliphatic carbocycles. The predicted molar refractivity (Wildman–Crippen MR) is 98.6 cm³/mol. The Kier molecular flexibility index (Phi) is 5.10. The average Bonchev–Trinajstić information content (AvgIpc) is 3.20. The Morgan fingerprint density at radius 1 is 1.24 bits per heavy atom. The second-order valence-electron chi connectivity index (χ2n) is 5.79. The molecule has 0 saturated heterocycles. The Balaban J connectivity index is 1.74. The number of benzene rings is 1. The fourth-order valence-corrected chi connectivity index (χ4v) is 3.81. The summed E-state index contributed by atoms with van der Waals surface area (Å²) in [7, 11) is 0. The van der Waals surface area contributed by atoms with Gasteiger partial charge in [-0.3, -0.25) is 9.59 Å². The van der Waals surface area contributed by atoms with Gasteiger partial charge in [-0.1, -0.05) is 31.3 Å². The summed E-state index contributed by atoms with van der Waals surface area (Å²) < 4.78 is 13.9. The fourth-order valence-electron chi connectivity index (χ4n) is 2.29. The van der Waals surface area contributed by atoms with Crippen molar-refractivity contribution in [2.24, 2.45) is 5.92 Å². The van der Waals surface area contributed by atoms with Gasteiger partial charge >= 0.3 is 0 Å². The first-order valence-electron chi connectivity index (χ1n) is 7.65. The molecule has 130 valence electrons. The number of aromatic nitrogens is 1. The molecule has 0 bridgehead atoms. The number of rotatable bonds is 5. The number of hydrogen-bond acceptors (Lipinski definition) is 5. The second kappa shape index (κ2) is 7.28. The van der Waals surface area contributed by atoms with Crippen molar-refractivity contribution in [3.8, 4) is 0 Å². The van der Waals surface area contributed by atoms with Gasteiger partial charge in [0.05, 0.1) is 15.1 Å². The normalized spacial score (nSPS) is 12.3. The van der Waals surface area contributed by atoms with Gasteiger partial charge in [-0.05, 0) is 35.6 Å². The summed E-state index contributed by atoms with van der Waals surface area (Å²) in [6.07, 6.45) is 0. The lowest BCUT2D eigenvalue weighted by Gasteiger charge is -2.20. The zero-order chi connectivity index (χ0) is 18.0. The van der Waals surface area contributed by atoms with Gasteiger partial charge in [-0.15, -0.1) is 11.3 Å². The average molecular weight is 377 g/mol. The number of hydrogen-bond donors (Lipinski definition) is 2. The number of nitrogens with zero attached hydrogens (tertiary/aromatic N) is 1. The Morgan fingerprint density at radius 3 is 2.72 bits per heavy atom. The highest BCUT2D eigenvalue weighted by molar-refractivity contribution is 7.22. The lowest BCUT2D eigenvalue weighted by Crippen LogP contribution is -2.46. The van der Waals surface area contributed by atoms with Gasteiger partial charge in [-0.25, -0.2) is 9.37 Å². The molecule has 0 aliphatic heterocycles. The van der Waals surface area contributed by atoms with Gasteiger partial charge in [-0.2, -0.15) is 0 Å². The van der Waals surface area contributed by atoms with E-state index < -0.39 is 6.04 Å². The minimum absolute atomic E-state index is 0.101. The maximum atomic E-state index is 13.3. The highest BCUT2D eigenvalue weighted by Crippen LogP contribution is 2.26. The van der Waals surface area contributed by atoms with Gasteiger partial charge in [0.1, 0.15) is 11.9 Å². The van der Waals surface area contributed by atoms with Crippen molar-refractivity contribution >= 4 is 49.8 Å². The smallest absolute Gasteiger partial charge is 0.262 e. The van der Waals surface area contributed by atoms with Crippen molar-refractivity contribution in [1.29, 1.82) is 0 Å². The van der Waals surface area contributed by atoms with Crippen molar-refractivity contribution in [1.82, 2.24) is 10.3 Å². The van der Waals surface area contributed by atoms with E-state index in [0.717, 1.165) is 0 Å². The van der Waals surface area contributed by atoms with Crippen LogP contribution in [0.1, 0.15) is 23.5 Å². The number of nitrogens with one attached hydrogen (secondary N) is 2. The molecule has 0 saturated carbocycles. The number of fused-ring (bicyclic) bond motifs is 1. The van der Waals surface area contributed by atoms with Crippen LogP contribution in [0.5, 0.6) is 0 Å². The number of carbonyl (C=O) groups excluding carboxylic acids is 2. The summed E-state index contributed by atoms with van der Waals surface area (Å²) >= 11 is 2.51. The van der Waals surface area contributed by atoms with E-state index in [1.807, 2.05) is 13.8 Å². The van der Waals surface area contributed by atoms with Gasteiger partial charge in [0.2, 0.25) is 5.91 Å². The third kappa shape index (κ3) is 4.02. The van der Waals surface area contributed by atoms with Crippen LogP contribution in [0.2, 0.25) is 0 Å². The lowest BCUT2D eigenvalue weighted by atomic mass is 10.0. The number of carbonyl (C=O) groups is 2. The zero-order valence-corrected chi connectivity index (χ0v) is 15.2. The zero-order valence-electron chi connectivity index (χ0n) is 13.6. The molecular weight excluding hydrogens is 361 g/mol. The molecule has 25 heavy (non-hydrogen) atoms. The molecule has 0 spiro atoms. The standard InChI is InChI=1S/C17H16FN3O2S2/c1-9(2)14(20-15(22)12-4-3-7-24-12)16(23)21-17-19-11-6-5-10(18)8-13(11)25-17/h3-9,14H,1-2H3,(H,20,22)(H,19,21,23). The maximum absolute atomic E-state index is 13.3. The van der Waals surface area contributed by atoms with Crippen molar-refractivity contribution in [3.05, 3.63) is 46.4 Å². The molecule has 2 N–H and O–H groups in total. The van der Waals surface area contributed by atoms with Crippen LogP contribution < -0.4 is 10.6 Å². The Bertz CT molecular complexity index is 906.